The zero-order valence-corrected chi connectivity index (χ0v) is 13.3. The van der Waals surface area contributed by atoms with Crippen LogP contribution in [-0.2, 0) is 6.54 Å². The number of halogens is 1. The van der Waals surface area contributed by atoms with E-state index in [2.05, 4.69) is 23.7 Å². The van der Waals surface area contributed by atoms with E-state index in [1.807, 2.05) is 24.3 Å². The van der Waals surface area contributed by atoms with Gasteiger partial charge in [0, 0.05) is 22.2 Å². The molecular formula is C16H16ClNO2S. The van der Waals surface area contributed by atoms with E-state index in [0.717, 1.165) is 28.8 Å². The van der Waals surface area contributed by atoms with Crippen LogP contribution < -0.4 is 14.8 Å². The number of hydrogen-bond acceptors (Lipinski definition) is 4. The SMILES string of the molecule is CSc1cc2c(cc1CNc1ccc(Cl)cc1)OCCO2. The zero-order valence-electron chi connectivity index (χ0n) is 11.7. The van der Waals surface area contributed by atoms with Gasteiger partial charge in [-0.2, -0.15) is 0 Å². The highest BCUT2D eigenvalue weighted by molar-refractivity contribution is 7.98. The summed E-state index contributed by atoms with van der Waals surface area (Å²) < 4.78 is 11.3. The molecule has 2 aromatic carbocycles. The molecular weight excluding hydrogens is 306 g/mol. The first-order valence-electron chi connectivity index (χ1n) is 6.72. The van der Waals surface area contributed by atoms with Crippen molar-refractivity contribution < 1.29 is 9.47 Å². The number of fused-ring (bicyclic) bond motifs is 1. The van der Waals surface area contributed by atoms with Gasteiger partial charge in [-0.3, -0.25) is 0 Å². The molecule has 1 aliphatic rings. The van der Waals surface area contributed by atoms with Crippen molar-refractivity contribution in [2.24, 2.45) is 0 Å². The molecule has 0 bridgehead atoms. The lowest BCUT2D eigenvalue weighted by Gasteiger charge is -2.21. The quantitative estimate of drug-likeness (QED) is 0.843. The maximum atomic E-state index is 5.89. The number of ether oxygens (including phenoxy) is 2. The van der Waals surface area contributed by atoms with E-state index < -0.39 is 0 Å². The number of thioether (sulfide) groups is 1. The van der Waals surface area contributed by atoms with Crippen molar-refractivity contribution in [2.75, 3.05) is 24.8 Å². The Morgan fingerprint density at radius 3 is 2.43 bits per heavy atom. The van der Waals surface area contributed by atoms with Crippen LogP contribution in [0.25, 0.3) is 0 Å². The topological polar surface area (TPSA) is 30.5 Å². The highest BCUT2D eigenvalue weighted by Crippen LogP contribution is 2.36. The third-order valence-electron chi connectivity index (χ3n) is 3.27. The second-order valence-corrected chi connectivity index (χ2v) is 5.95. The van der Waals surface area contributed by atoms with E-state index in [-0.39, 0.29) is 0 Å². The fourth-order valence-corrected chi connectivity index (χ4v) is 2.95. The molecule has 0 radical (unpaired) electrons. The molecule has 0 aromatic heterocycles. The fourth-order valence-electron chi connectivity index (χ4n) is 2.21. The van der Waals surface area contributed by atoms with E-state index in [4.69, 9.17) is 21.1 Å². The van der Waals surface area contributed by atoms with Crippen molar-refractivity contribution in [3.8, 4) is 11.5 Å². The first-order chi connectivity index (χ1) is 10.3. The Balaban J connectivity index is 1.79. The summed E-state index contributed by atoms with van der Waals surface area (Å²) in [6.45, 7) is 1.95. The molecule has 3 nitrogen and oxygen atoms in total. The highest BCUT2D eigenvalue weighted by Gasteiger charge is 2.15. The van der Waals surface area contributed by atoms with Crippen LogP contribution in [0.1, 0.15) is 5.56 Å². The van der Waals surface area contributed by atoms with E-state index in [0.29, 0.717) is 13.2 Å². The van der Waals surface area contributed by atoms with Crippen LogP contribution in [0.3, 0.4) is 0 Å². The summed E-state index contributed by atoms with van der Waals surface area (Å²) in [7, 11) is 0. The third-order valence-corrected chi connectivity index (χ3v) is 4.34. The minimum absolute atomic E-state index is 0.607. The molecule has 1 N–H and O–H groups in total. The highest BCUT2D eigenvalue weighted by atomic mass is 35.5. The number of benzene rings is 2. The average Bonchev–Trinajstić information content (AvgIpc) is 2.53. The molecule has 1 aliphatic heterocycles. The number of hydrogen-bond donors (Lipinski definition) is 1. The molecule has 5 heteroatoms. The van der Waals surface area contributed by atoms with Gasteiger partial charge in [-0.15, -0.1) is 11.8 Å². The number of rotatable bonds is 4. The second-order valence-electron chi connectivity index (χ2n) is 4.67. The lowest BCUT2D eigenvalue weighted by molar-refractivity contribution is 0.171. The fraction of sp³-hybridized carbons (Fsp3) is 0.250. The van der Waals surface area contributed by atoms with Crippen LogP contribution in [-0.4, -0.2) is 19.5 Å². The van der Waals surface area contributed by atoms with Crippen LogP contribution in [0.2, 0.25) is 5.02 Å². The molecule has 0 amide bonds. The molecule has 0 unspecified atom stereocenters. The lowest BCUT2D eigenvalue weighted by Crippen LogP contribution is -2.16. The van der Waals surface area contributed by atoms with Crippen LogP contribution in [0.5, 0.6) is 11.5 Å². The van der Waals surface area contributed by atoms with Gasteiger partial charge >= 0.3 is 0 Å². The molecule has 0 atom stereocenters. The van der Waals surface area contributed by atoms with Crippen molar-refractivity contribution in [1.82, 2.24) is 0 Å². The van der Waals surface area contributed by atoms with Gasteiger partial charge in [0.2, 0.25) is 0 Å². The molecule has 1 heterocycles. The van der Waals surface area contributed by atoms with Crippen LogP contribution in [0.4, 0.5) is 5.69 Å². The summed E-state index contributed by atoms with van der Waals surface area (Å²) >= 11 is 7.60. The lowest BCUT2D eigenvalue weighted by atomic mass is 10.2. The van der Waals surface area contributed by atoms with Gasteiger partial charge in [0.25, 0.3) is 0 Å². The molecule has 21 heavy (non-hydrogen) atoms. The molecule has 3 rings (SSSR count). The standard InChI is InChI=1S/C16H16ClNO2S/c1-21-16-9-15-14(19-6-7-20-15)8-11(16)10-18-13-4-2-12(17)3-5-13/h2-5,8-9,18H,6-7,10H2,1H3. The van der Waals surface area contributed by atoms with E-state index in [1.165, 1.54) is 10.5 Å². The molecule has 0 fully saturated rings. The Labute approximate surface area is 133 Å². The largest absolute Gasteiger partial charge is 0.486 e. The molecule has 0 aliphatic carbocycles. The van der Waals surface area contributed by atoms with Gasteiger partial charge < -0.3 is 14.8 Å². The summed E-state index contributed by atoms with van der Waals surface area (Å²) in [5.74, 6) is 1.66. The summed E-state index contributed by atoms with van der Waals surface area (Å²) in [5.41, 5.74) is 2.24. The Morgan fingerprint density at radius 1 is 1.10 bits per heavy atom. The molecule has 0 saturated heterocycles. The zero-order chi connectivity index (χ0) is 14.7. The molecule has 110 valence electrons. The van der Waals surface area contributed by atoms with E-state index >= 15 is 0 Å². The van der Waals surface area contributed by atoms with Crippen molar-refractivity contribution in [2.45, 2.75) is 11.4 Å². The Hall–Kier alpha value is -1.52. The maximum Gasteiger partial charge on any atom is 0.162 e. The van der Waals surface area contributed by atoms with Crippen molar-refractivity contribution in [3.63, 3.8) is 0 Å². The van der Waals surface area contributed by atoms with E-state index in [1.54, 1.807) is 11.8 Å². The van der Waals surface area contributed by atoms with Crippen molar-refractivity contribution >= 4 is 29.1 Å². The first kappa shape index (κ1) is 14.4. The minimum atomic E-state index is 0.607. The summed E-state index contributed by atoms with van der Waals surface area (Å²) in [4.78, 5) is 1.20. The average molecular weight is 322 g/mol. The van der Waals surface area contributed by atoms with Gasteiger partial charge in [0.15, 0.2) is 11.5 Å². The van der Waals surface area contributed by atoms with Gasteiger partial charge in [0.05, 0.1) is 0 Å². The smallest absolute Gasteiger partial charge is 0.162 e. The molecule has 2 aromatic rings. The predicted octanol–water partition coefficient (Wildman–Crippen LogP) is 4.45. The van der Waals surface area contributed by atoms with Crippen molar-refractivity contribution in [3.05, 3.63) is 47.0 Å². The van der Waals surface area contributed by atoms with Crippen LogP contribution in [0, 0.1) is 0 Å². The van der Waals surface area contributed by atoms with Crippen LogP contribution in [0.15, 0.2) is 41.3 Å². The third kappa shape index (κ3) is 3.39. The van der Waals surface area contributed by atoms with Gasteiger partial charge in [0.1, 0.15) is 13.2 Å². The van der Waals surface area contributed by atoms with E-state index in [9.17, 15) is 0 Å². The van der Waals surface area contributed by atoms with Gasteiger partial charge in [-0.25, -0.2) is 0 Å². The molecule has 0 spiro atoms. The van der Waals surface area contributed by atoms with Gasteiger partial charge in [-0.05, 0) is 48.2 Å². The Kier molecular flexibility index (Phi) is 4.46. The summed E-state index contributed by atoms with van der Waals surface area (Å²) in [6.07, 6.45) is 2.07. The van der Waals surface area contributed by atoms with Crippen molar-refractivity contribution in [1.29, 1.82) is 0 Å². The Morgan fingerprint density at radius 2 is 1.76 bits per heavy atom. The summed E-state index contributed by atoms with van der Waals surface area (Å²) in [6, 6.07) is 11.8. The first-order valence-corrected chi connectivity index (χ1v) is 8.32. The predicted molar refractivity (Wildman–Crippen MR) is 88.0 cm³/mol. The second kappa shape index (κ2) is 6.50. The van der Waals surface area contributed by atoms with Gasteiger partial charge in [-0.1, -0.05) is 11.6 Å². The monoisotopic (exact) mass is 321 g/mol. The molecule has 0 saturated carbocycles. The minimum Gasteiger partial charge on any atom is -0.486 e. The number of anilines is 1. The Bertz CT molecular complexity index is 631. The number of nitrogens with one attached hydrogen (secondary N) is 1. The normalized spacial score (nSPS) is 13.0. The van der Waals surface area contributed by atoms with Crippen LogP contribution >= 0.6 is 23.4 Å². The summed E-state index contributed by atoms with van der Waals surface area (Å²) in [5, 5.41) is 4.14. The maximum absolute atomic E-state index is 5.89.